The van der Waals surface area contributed by atoms with E-state index in [2.05, 4.69) is 6.92 Å². The summed E-state index contributed by atoms with van der Waals surface area (Å²) in [5.41, 5.74) is -1.09. The second kappa shape index (κ2) is 13.7. The van der Waals surface area contributed by atoms with E-state index < -0.39 is 17.8 Å². The Hall–Kier alpha value is -0.240. The predicted molar refractivity (Wildman–Crippen MR) is 77.3 cm³/mol. The van der Waals surface area contributed by atoms with Gasteiger partial charge >= 0.3 is 0 Å². The largest absolute Gasteiger partial charge is 0.394 e. The smallest absolute Gasteiger partial charge is 0.106 e. The molecule has 0 spiro atoms. The molecule has 0 aromatic carbocycles. The predicted octanol–water partition coefficient (Wildman–Crippen LogP) is -0.217. The van der Waals surface area contributed by atoms with Gasteiger partial charge in [0, 0.05) is 0 Å². The van der Waals surface area contributed by atoms with Crippen LogP contribution in [0.25, 0.3) is 0 Å². The standard InChI is InChI=1S/C11H24O3.C3H8O3/c1-3-5-6-7-8-11(14,4-2)10(13)9-12;4-1-3(6)2-5/h10,12-14H,3-9H2,1-2H3;3-6H,1-2H2. The summed E-state index contributed by atoms with van der Waals surface area (Å²) in [6.07, 6.45) is 3.42. The van der Waals surface area contributed by atoms with Crippen molar-refractivity contribution in [3.63, 3.8) is 0 Å². The van der Waals surface area contributed by atoms with Gasteiger partial charge in [0.1, 0.15) is 12.2 Å². The third-order valence-corrected chi connectivity index (χ3v) is 3.29. The van der Waals surface area contributed by atoms with Crippen LogP contribution in [-0.4, -0.2) is 68.3 Å². The fourth-order valence-corrected chi connectivity index (χ4v) is 1.66. The average molecular weight is 296 g/mol. The second-order valence-corrected chi connectivity index (χ2v) is 4.99. The van der Waals surface area contributed by atoms with Gasteiger partial charge in [0.25, 0.3) is 0 Å². The van der Waals surface area contributed by atoms with Gasteiger partial charge < -0.3 is 30.6 Å². The molecule has 6 heteroatoms. The van der Waals surface area contributed by atoms with E-state index >= 15 is 0 Å². The first kappa shape index (κ1) is 22.0. The summed E-state index contributed by atoms with van der Waals surface area (Å²) in [4.78, 5) is 0. The lowest BCUT2D eigenvalue weighted by molar-refractivity contribution is -0.102. The summed E-state index contributed by atoms with van der Waals surface area (Å²) in [5, 5.41) is 52.2. The molecule has 20 heavy (non-hydrogen) atoms. The maximum absolute atomic E-state index is 9.98. The van der Waals surface area contributed by atoms with Gasteiger partial charge in [-0.05, 0) is 12.8 Å². The first-order valence-electron chi connectivity index (χ1n) is 7.32. The van der Waals surface area contributed by atoms with Gasteiger partial charge in [-0.25, -0.2) is 0 Å². The number of aliphatic hydroxyl groups is 6. The maximum Gasteiger partial charge on any atom is 0.106 e. The number of aliphatic hydroxyl groups excluding tert-OH is 5. The molecule has 2 unspecified atom stereocenters. The molecular weight excluding hydrogens is 264 g/mol. The molecule has 0 aliphatic carbocycles. The van der Waals surface area contributed by atoms with E-state index in [0.717, 1.165) is 25.7 Å². The number of hydrogen-bond acceptors (Lipinski definition) is 6. The molecule has 124 valence electrons. The molecule has 0 saturated heterocycles. The van der Waals surface area contributed by atoms with Crippen LogP contribution >= 0.6 is 0 Å². The molecular formula is C14H32O6. The van der Waals surface area contributed by atoms with Crippen molar-refractivity contribution >= 4 is 0 Å². The molecule has 0 saturated carbocycles. The van der Waals surface area contributed by atoms with Gasteiger partial charge in [-0.2, -0.15) is 0 Å². The van der Waals surface area contributed by atoms with Crippen LogP contribution in [0.3, 0.4) is 0 Å². The minimum atomic E-state index is -1.09. The van der Waals surface area contributed by atoms with Crippen LogP contribution in [0.5, 0.6) is 0 Å². The molecule has 0 bridgehead atoms. The Morgan fingerprint density at radius 3 is 1.70 bits per heavy atom. The number of rotatable bonds is 10. The number of unbranched alkanes of at least 4 members (excludes halogenated alkanes) is 3. The first-order valence-corrected chi connectivity index (χ1v) is 7.32. The normalized spacial score (nSPS) is 15.4. The van der Waals surface area contributed by atoms with Crippen molar-refractivity contribution < 1.29 is 30.6 Å². The van der Waals surface area contributed by atoms with E-state index in [9.17, 15) is 10.2 Å². The fourth-order valence-electron chi connectivity index (χ4n) is 1.66. The first-order chi connectivity index (χ1) is 9.41. The molecule has 6 N–H and O–H groups in total. The average Bonchev–Trinajstić information content (AvgIpc) is 2.50. The lowest BCUT2D eigenvalue weighted by atomic mass is 9.88. The van der Waals surface area contributed by atoms with Crippen molar-refractivity contribution in [3.05, 3.63) is 0 Å². The van der Waals surface area contributed by atoms with Crippen molar-refractivity contribution in [1.29, 1.82) is 0 Å². The van der Waals surface area contributed by atoms with Crippen LogP contribution in [0, 0.1) is 0 Å². The van der Waals surface area contributed by atoms with Crippen LogP contribution in [0.2, 0.25) is 0 Å². The molecule has 0 aliphatic heterocycles. The molecule has 0 aromatic rings. The van der Waals surface area contributed by atoms with Crippen molar-refractivity contribution in [2.45, 2.75) is 70.2 Å². The molecule has 0 rings (SSSR count). The maximum atomic E-state index is 9.98. The van der Waals surface area contributed by atoms with Crippen molar-refractivity contribution in [2.75, 3.05) is 19.8 Å². The minimum absolute atomic E-state index is 0.363. The van der Waals surface area contributed by atoms with Crippen molar-refractivity contribution in [3.8, 4) is 0 Å². The Balaban J connectivity index is 0. The summed E-state index contributed by atoms with van der Waals surface area (Å²) >= 11 is 0. The van der Waals surface area contributed by atoms with Gasteiger partial charge in [-0.3, -0.25) is 0 Å². The molecule has 0 aromatic heterocycles. The fraction of sp³-hybridized carbons (Fsp3) is 1.00. The molecule has 6 nitrogen and oxygen atoms in total. The Bertz CT molecular complexity index is 198. The molecule has 0 heterocycles. The van der Waals surface area contributed by atoms with Crippen molar-refractivity contribution in [2.24, 2.45) is 0 Å². The highest BCUT2D eigenvalue weighted by molar-refractivity contribution is 4.84. The summed E-state index contributed by atoms with van der Waals surface area (Å²) in [5.74, 6) is 0. The quantitative estimate of drug-likeness (QED) is 0.310. The molecule has 0 radical (unpaired) electrons. The zero-order chi connectivity index (χ0) is 16.0. The topological polar surface area (TPSA) is 121 Å². The van der Waals surface area contributed by atoms with Gasteiger partial charge in [0.2, 0.25) is 0 Å². The lowest BCUT2D eigenvalue weighted by Crippen LogP contribution is -2.43. The van der Waals surface area contributed by atoms with Crippen LogP contribution in [0.4, 0.5) is 0 Å². The van der Waals surface area contributed by atoms with E-state index in [1.165, 1.54) is 0 Å². The summed E-state index contributed by atoms with van der Waals surface area (Å²) < 4.78 is 0. The third kappa shape index (κ3) is 10.5. The molecule has 0 fully saturated rings. The van der Waals surface area contributed by atoms with Crippen LogP contribution in [-0.2, 0) is 0 Å². The SMILES string of the molecule is CCCCCCC(O)(CC)C(O)CO.OCC(O)CO. The van der Waals surface area contributed by atoms with Gasteiger partial charge in [-0.1, -0.05) is 39.5 Å². The minimum Gasteiger partial charge on any atom is -0.394 e. The molecule has 2 atom stereocenters. The zero-order valence-corrected chi connectivity index (χ0v) is 12.7. The van der Waals surface area contributed by atoms with Gasteiger partial charge in [-0.15, -0.1) is 0 Å². The van der Waals surface area contributed by atoms with E-state index in [1.54, 1.807) is 0 Å². The summed E-state index contributed by atoms with van der Waals surface area (Å²) in [6.45, 7) is 2.87. The Kier molecular flexibility index (Phi) is 15.1. The Morgan fingerprint density at radius 2 is 1.40 bits per heavy atom. The zero-order valence-electron chi connectivity index (χ0n) is 12.7. The Morgan fingerprint density at radius 1 is 0.850 bits per heavy atom. The molecule has 0 aliphatic rings. The van der Waals surface area contributed by atoms with E-state index in [-0.39, 0.29) is 19.8 Å². The highest BCUT2D eigenvalue weighted by Crippen LogP contribution is 2.23. The van der Waals surface area contributed by atoms with E-state index in [0.29, 0.717) is 12.8 Å². The third-order valence-electron chi connectivity index (χ3n) is 3.29. The van der Waals surface area contributed by atoms with E-state index in [1.807, 2.05) is 6.92 Å². The van der Waals surface area contributed by atoms with Crippen LogP contribution in [0.15, 0.2) is 0 Å². The Labute approximate surface area is 121 Å². The highest BCUT2D eigenvalue weighted by atomic mass is 16.4. The van der Waals surface area contributed by atoms with Crippen LogP contribution < -0.4 is 0 Å². The summed E-state index contributed by atoms with van der Waals surface area (Å²) in [6, 6.07) is 0. The highest BCUT2D eigenvalue weighted by Gasteiger charge is 2.32. The van der Waals surface area contributed by atoms with E-state index in [4.69, 9.17) is 20.4 Å². The lowest BCUT2D eigenvalue weighted by Gasteiger charge is -2.31. The van der Waals surface area contributed by atoms with Gasteiger partial charge in [0.15, 0.2) is 0 Å². The number of hydrogen-bond donors (Lipinski definition) is 6. The van der Waals surface area contributed by atoms with Crippen LogP contribution in [0.1, 0.15) is 52.4 Å². The second-order valence-electron chi connectivity index (χ2n) is 4.99. The van der Waals surface area contributed by atoms with Crippen molar-refractivity contribution in [1.82, 2.24) is 0 Å². The summed E-state index contributed by atoms with van der Waals surface area (Å²) in [7, 11) is 0. The molecule has 0 amide bonds. The van der Waals surface area contributed by atoms with Gasteiger partial charge in [0.05, 0.1) is 25.4 Å². The monoisotopic (exact) mass is 296 g/mol.